The van der Waals surface area contributed by atoms with Crippen molar-refractivity contribution in [3.8, 4) is 0 Å². The summed E-state index contributed by atoms with van der Waals surface area (Å²) in [5.41, 5.74) is 1.38. The lowest BCUT2D eigenvalue weighted by Gasteiger charge is -2.29. The third-order valence-corrected chi connectivity index (χ3v) is 8.18. The van der Waals surface area contributed by atoms with Gasteiger partial charge in [0.2, 0.25) is 10.0 Å². The molecule has 8 heteroatoms. The zero-order valence-corrected chi connectivity index (χ0v) is 18.0. The van der Waals surface area contributed by atoms with Gasteiger partial charge in [0.25, 0.3) is 5.91 Å². The molecule has 0 saturated carbocycles. The number of rotatable bonds is 3. The molecular formula is C20H30ClN3O3S. The highest BCUT2D eigenvalue weighted by Crippen LogP contribution is 2.31. The first-order valence-corrected chi connectivity index (χ1v) is 11.6. The van der Waals surface area contributed by atoms with Crippen molar-refractivity contribution in [1.29, 1.82) is 0 Å². The summed E-state index contributed by atoms with van der Waals surface area (Å²) in [5.74, 6) is -0.0144. The van der Waals surface area contributed by atoms with E-state index in [0.717, 1.165) is 57.2 Å². The Balaban J connectivity index is 0.00000225. The predicted molar refractivity (Wildman–Crippen MR) is 112 cm³/mol. The Morgan fingerprint density at radius 3 is 2.54 bits per heavy atom. The molecule has 4 rings (SSSR count). The van der Waals surface area contributed by atoms with E-state index in [1.165, 1.54) is 0 Å². The summed E-state index contributed by atoms with van der Waals surface area (Å²) in [7, 11) is -3.53. The van der Waals surface area contributed by atoms with Crippen LogP contribution in [0.3, 0.4) is 0 Å². The average molecular weight is 428 g/mol. The van der Waals surface area contributed by atoms with Gasteiger partial charge in [-0.25, -0.2) is 8.42 Å². The highest BCUT2D eigenvalue weighted by molar-refractivity contribution is 7.89. The molecule has 28 heavy (non-hydrogen) atoms. The maximum atomic E-state index is 13.4. The van der Waals surface area contributed by atoms with Crippen molar-refractivity contribution in [1.82, 2.24) is 14.5 Å². The Bertz CT molecular complexity index is 810. The molecule has 0 spiro atoms. The molecule has 1 amide bonds. The second kappa shape index (κ2) is 8.69. The van der Waals surface area contributed by atoms with Gasteiger partial charge in [0.05, 0.1) is 4.90 Å². The van der Waals surface area contributed by atoms with E-state index in [2.05, 4.69) is 5.32 Å². The van der Waals surface area contributed by atoms with Crippen molar-refractivity contribution >= 4 is 28.3 Å². The van der Waals surface area contributed by atoms with Gasteiger partial charge in [-0.15, -0.1) is 12.4 Å². The second-order valence-electron chi connectivity index (χ2n) is 8.03. The van der Waals surface area contributed by atoms with Gasteiger partial charge >= 0.3 is 0 Å². The summed E-state index contributed by atoms with van der Waals surface area (Å²) < 4.78 is 27.6. The second-order valence-corrected chi connectivity index (χ2v) is 9.97. The molecule has 0 aliphatic carbocycles. The summed E-state index contributed by atoms with van der Waals surface area (Å²) in [6, 6.07) is 5.52. The highest BCUT2D eigenvalue weighted by Gasteiger charge is 2.39. The first kappa shape index (κ1) is 21.6. The van der Waals surface area contributed by atoms with Crippen LogP contribution in [0, 0.1) is 6.92 Å². The number of carbonyl (C=O) groups is 1. The van der Waals surface area contributed by atoms with Crippen molar-refractivity contribution in [2.75, 3.05) is 26.2 Å². The minimum absolute atomic E-state index is 0. The molecule has 1 aromatic carbocycles. The Labute approximate surface area is 174 Å². The Kier molecular flexibility index (Phi) is 6.69. The number of nitrogens with one attached hydrogen (secondary N) is 1. The number of halogens is 1. The fraction of sp³-hybridized carbons (Fsp3) is 0.650. The fourth-order valence-electron chi connectivity index (χ4n) is 4.70. The first-order chi connectivity index (χ1) is 13.0. The van der Waals surface area contributed by atoms with Gasteiger partial charge in [-0.2, -0.15) is 4.31 Å². The molecule has 2 bridgehead atoms. The molecular weight excluding hydrogens is 398 g/mol. The van der Waals surface area contributed by atoms with E-state index in [0.29, 0.717) is 18.7 Å². The van der Waals surface area contributed by atoms with Gasteiger partial charge in [0, 0.05) is 37.3 Å². The van der Waals surface area contributed by atoms with Gasteiger partial charge in [-0.1, -0.05) is 12.5 Å². The summed E-state index contributed by atoms with van der Waals surface area (Å²) in [5, 5.41) is 3.41. The third-order valence-electron chi connectivity index (χ3n) is 6.28. The maximum Gasteiger partial charge on any atom is 0.254 e. The Morgan fingerprint density at radius 1 is 1.07 bits per heavy atom. The van der Waals surface area contributed by atoms with E-state index in [1.54, 1.807) is 22.5 Å². The molecule has 0 aromatic heterocycles. The van der Waals surface area contributed by atoms with Crippen LogP contribution in [0.25, 0.3) is 0 Å². The summed E-state index contributed by atoms with van der Waals surface area (Å²) >= 11 is 0. The van der Waals surface area contributed by atoms with E-state index >= 15 is 0 Å². The van der Waals surface area contributed by atoms with Crippen LogP contribution in [0.2, 0.25) is 0 Å². The van der Waals surface area contributed by atoms with Crippen molar-refractivity contribution in [3.05, 3.63) is 29.3 Å². The molecule has 0 radical (unpaired) electrons. The van der Waals surface area contributed by atoms with Crippen LogP contribution in [-0.2, 0) is 10.0 Å². The van der Waals surface area contributed by atoms with Crippen LogP contribution in [0.4, 0.5) is 0 Å². The normalized spacial score (nSPS) is 25.8. The minimum atomic E-state index is -3.53. The van der Waals surface area contributed by atoms with Gasteiger partial charge in [0.15, 0.2) is 0 Å². The minimum Gasteiger partial charge on any atom is -0.331 e. The number of piperidine rings is 1. The van der Waals surface area contributed by atoms with Crippen molar-refractivity contribution < 1.29 is 13.2 Å². The number of benzene rings is 1. The van der Waals surface area contributed by atoms with Gasteiger partial charge in [-0.05, 0) is 63.3 Å². The van der Waals surface area contributed by atoms with Gasteiger partial charge < -0.3 is 10.2 Å². The molecule has 3 saturated heterocycles. The maximum absolute atomic E-state index is 13.4. The molecule has 156 valence electrons. The SMILES string of the molecule is Cc1ccc(S(=O)(=O)N2CCCCC2)cc1C(=O)N1C2CCNCC1CC2.Cl. The predicted octanol–water partition coefficient (Wildman–Crippen LogP) is 2.56. The van der Waals surface area contributed by atoms with Crippen LogP contribution in [0.15, 0.2) is 23.1 Å². The standard InChI is InChI=1S/C20H29N3O3S.ClH/c1-15-5-8-18(27(25,26)22-11-3-2-4-12-22)13-19(15)20(24)23-16-6-7-17(23)14-21-10-9-16;/h5,8,13,16-17,21H,2-4,6-7,9-12,14H2,1H3;1H. The van der Waals surface area contributed by atoms with E-state index < -0.39 is 10.0 Å². The van der Waals surface area contributed by atoms with Gasteiger partial charge in [-0.3, -0.25) is 4.79 Å². The van der Waals surface area contributed by atoms with Crippen LogP contribution < -0.4 is 5.32 Å². The number of fused-ring (bicyclic) bond motifs is 2. The highest BCUT2D eigenvalue weighted by atomic mass is 35.5. The fourth-order valence-corrected chi connectivity index (χ4v) is 6.24. The Hall–Kier alpha value is -1.15. The topological polar surface area (TPSA) is 69.7 Å². The molecule has 3 aliphatic rings. The summed E-state index contributed by atoms with van der Waals surface area (Å²) in [6.45, 7) is 4.80. The molecule has 2 unspecified atom stereocenters. The molecule has 1 aromatic rings. The van der Waals surface area contributed by atoms with Crippen LogP contribution >= 0.6 is 12.4 Å². The smallest absolute Gasteiger partial charge is 0.254 e. The number of sulfonamides is 1. The van der Waals surface area contributed by atoms with Crippen molar-refractivity contribution in [3.63, 3.8) is 0 Å². The number of amides is 1. The number of aryl methyl sites for hydroxylation is 1. The Morgan fingerprint density at radius 2 is 1.79 bits per heavy atom. The number of hydrogen-bond acceptors (Lipinski definition) is 4. The molecule has 3 aliphatic heterocycles. The average Bonchev–Trinajstić information content (AvgIpc) is 2.94. The van der Waals surface area contributed by atoms with Gasteiger partial charge in [0.1, 0.15) is 0 Å². The van der Waals surface area contributed by atoms with E-state index in [-0.39, 0.29) is 35.3 Å². The molecule has 6 nitrogen and oxygen atoms in total. The summed E-state index contributed by atoms with van der Waals surface area (Å²) in [4.78, 5) is 15.6. The van der Waals surface area contributed by atoms with E-state index in [4.69, 9.17) is 0 Å². The van der Waals surface area contributed by atoms with Crippen molar-refractivity contribution in [2.45, 2.75) is 62.4 Å². The number of hydrogen-bond donors (Lipinski definition) is 1. The van der Waals surface area contributed by atoms with E-state index in [1.807, 2.05) is 11.8 Å². The number of carbonyl (C=O) groups excluding carboxylic acids is 1. The molecule has 2 atom stereocenters. The summed E-state index contributed by atoms with van der Waals surface area (Å²) in [6.07, 6.45) is 5.92. The van der Waals surface area contributed by atoms with Crippen molar-refractivity contribution in [2.24, 2.45) is 0 Å². The lowest BCUT2D eigenvalue weighted by molar-refractivity contribution is 0.0679. The monoisotopic (exact) mass is 427 g/mol. The molecule has 3 fully saturated rings. The lowest BCUT2D eigenvalue weighted by atomic mass is 10.1. The zero-order valence-electron chi connectivity index (χ0n) is 16.4. The van der Waals surface area contributed by atoms with Crippen LogP contribution in [-0.4, -0.2) is 61.8 Å². The molecule has 1 N–H and O–H groups in total. The quantitative estimate of drug-likeness (QED) is 0.804. The zero-order chi connectivity index (χ0) is 19.0. The van der Waals surface area contributed by atoms with Crippen LogP contribution in [0.5, 0.6) is 0 Å². The van der Waals surface area contributed by atoms with E-state index in [9.17, 15) is 13.2 Å². The number of nitrogens with zero attached hydrogens (tertiary/aromatic N) is 2. The largest absolute Gasteiger partial charge is 0.331 e. The first-order valence-electron chi connectivity index (χ1n) is 10.1. The lowest BCUT2D eigenvalue weighted by Crippen LogP contribution is -2.43. The third kappa shape index (κ3) is 3.95. The van der Waals surface area contributed by atoms with Crippen LogP contribution in [0.1, 0.15) is 54.4 Å². The molecule has 3 heterocycles.